The number of aromatic nitrogens is 2. The lowest BCUT2D eigenvalue weighted by Crippen LogP contribution is -2.41. The van der Waals surface area contributed by atoms with Crippen LogP contribution in [0.1, 0.15) is 27.2 Å². The summed E-state index contributed by atoms with van der Waals surface area (Å²) in [4.78, 5) is 15.9. The largest absolute Gasteiger partial charge is 0.364 e. The first-order chi connectivity index (χ1) is 7.44. The van der Waals surface area contributed by atoms with Gasteiger partial charge in [0.15, 0.2) is 5.82 Å². The molecule has 0 aliphatic heterocycles. The third kappa shape index (κ3) is 3.66. The van der Waals surface area contributed by atoms with Crippen molar-refractivity contribution in [3.8, 4) is 0 Å². The van der Waals surface area contributed by atoms with E-state index in [1.807, 2.05) is 20.8 Å². The Kier molecular flexibility index (Phi) is 4.06. The Bertz CT molecular complexity index is 392. The van der Waals surface area contributed by atoms with Crippen LogP contribution in [0.3, 0.4) is 0 Å². The molecule has 1 aromatic rings. The Morgan fingerprint density at radius 1 is 1.56 bits per heavy atom. The molecule has 0 unspecified atom stereocenters. The van der Waals surface area contributed by atoms with Crippen LogP contribution < -0.4 is 16.6 Å². The molecule has 0 bridgehead atoms. The van der Waals surface area contributed by atoms with Gasteiger partial charge in [0, 0.05) is 31.0 Å². The standard InChI is InChI=1S/C11H20N4O/c1-4-6-15-7-5-13-9(10(15)16)14-8-11(2,3)12/h5,7H,4,6,8,12H2,1-3H3,(H,13,14). The Labute approximate surface area is 95.7 Å². The Hall–Kier alpha value is -1.36. The fourth-order valence-electron chi connectivity index (χ4n) is 1.30. The van der Waals surface area contributed by atoms with Crippen LogP contribution in [0.25, 0.3) is 0 Å². The smallest absolute Gasteiger partial charge is 0.293 e. The van der Waals surface area contributed by atoms with Gasteiger partial charge in [-0.25, -0.2) is 4.98 Å². The monoisotopic (exact) mass is 224 g/mol. The second-order valence-electron chi connectivity index (χ2n) is 4.62. The molecule has 16 heavy (non-hydrogen) atoms. The molecule has 0 saturated carbocycles. The maximum absolute atomic E-state index is 11.9. The average molecular weight is 224 g/mol. The molecule has 0 spiro atoms. The molecule has 1 heterocycles. The SMILES string of the molecule is CCCn1ccnc(NCC(C)(C)N)c1=O. The van der Waals surface area contributed by atoms with E-state index >= 15 is 0 Å². The number of nitrogens with two attached hydrogens (primary N) is 1. The molecule has 0 radical (unpaired) electrons. The molecule has 0 fully saturated rings. The summed E-state index contributed by atoms with van der Waals surface area (Å²) in [5, 5.41) is 2.98. The van der Waals surface area contributed by atoms with Gasteiger partial charge in [0.1, 0.15) is 0 Å². The van der Waals surface area contributed by atoms with E-state index in [1.165, 1.54) is 0 Å². The molecular weight excluding hydrogens is 204 g/mol. The highest BCUT2D eigenvalue weighted by Crippen LogP contribution is 1.99. The number of rotatable bonds is 5. The molecule has 0 atom stereocenters. The topological polar surface area (TPSA) is 72.9 Å². The molecule has 90 valence electrons. The fraction of sp³-hybridized carbons (Fsp3) is 0.636. The van der Waals surface area contributed by atoms with Crippen molar-refractivity contribution in [3.63, 3.8) is 0 Å². The van der Waals surface area contributed by atoms with Crippen molar-refractivity contribution in [3.05, 3.63) is 22.7 Å². The van der Waals surface area contributed by atoms with Gasteiger partial charge in [-0.2, -0.15) is 0 Å². The lowest BCUT2D eigenvalue weighted by atomic mass is 10.1. The summed E-state index contributed by atoms with van der Waals surface area (Å²) in [6.45, 7) is 7.05. The second-order valence-corrected chi connectivity index (χ2v) is 4.62. The maximum atomic E-state index is 11.9. The first kappa shape index (κ1) is 12.7. The predicted molar refractivity (Wildman–Crippen MR) is 65.5 cm³/mol. The van der Waals surface area contributed by atoms with Crippen LogP contribution in [0, 0.1) is 0 Å². The van der Waals surface area contributed by atoms with Gasteiger partial charge in [0.05, 0.1) is 0 Å². The minimum absolute atomic E-state index is 0.0893. The van der Waals surface area contributed by atoms with Gasteiger partial charge in [-0.1, -0.05) is 6.92 Å². The fourth-order valence-corrected chi connectivity index (χ4v) is 1.30. The van der Waals surface area contributed by atoms with E-state index < -0.39 is 0 Å². The molecular formula is C11H20N4O. The van der Waals surface area contributed by atoms with Crippen LogP contribution in [0.2, 0.25) is 0 Å². The summed E-state index contributed by atoms with van der Waals surface area (Å²) in [6.07, 6.45) is 4.25. The zero-order valence-electron chi connectivity index (χ0n) is 10.2. The lowest BCUT2D eigenvalue weighted by Gasteiger charge is -2.19. The molecule has 0 amide bonds. The summed E-state index contributed by atoms with van der Waals surface area (Å²) < 4.78 is 1.65. The Morgan fingerprint density at radius 2 is 2.25 bits per heavy atom. The van der Waals surface area contributed by atoms with Crippen molar-refractivity contribution >= 4 is 5.82 Å². The third-order valence-corrected chi connectivity index (χ3v) is 2.09. The summed E-state index contributed by atoms with van der Waals surface area (Å²) in [7, 11) is 0. The van der Waals surface area contributed by atoms with E-state index in [1.54, 1.807) is 17.0 Å². The number of aryl methyl sites for hydroxylation is 1. The molecule has 1 aromatic heterocycles. The van der Waals surface area contributed by atoms with Crippen LogP contribution in [-0.2, 0) is 6.54 Å². The number of nitrogens with one attached hydrogen (secondary N) is 1. The van der Waals surface area contributed by atoms with E-state index in [2.05, 4.69) is 10.3 Å². The normalized spacial score (nSPS) is 11.5. The van der Waals surface area contributed by atoms with Crippen molar-refractivity contribution in [1.29, 1.82) is 0 Å². The zero-order chi connectivity index (χ0) is 12.2. The molecule has 0 aliphatic rings. The number of hydrogen-bond acceptors (Lipinski definition) is 4. The minimum atomic E-state index is -0.362. The first-order valence-corrected chi connectivity index (χ1v) is 5.52. The number of anilines is 1. The predicted octanol–water partition coefficient (Wildman–Crippen LogP) is 0.802. The van der Waals surface area contributed by atoms with Gasteiger partial charge in [-0.15, -0.1) is 0 Å². The van der Waals surface area contributed by atoms with Gasteiger partial charge in [0.2, 0.25) is 0 Å². The Morgan fingerprint density at radius 3 is 2.81 bits per heavy atom. The van der Waals surface area contributed by atoms with Gasteiger partial charge in [0.25, 0.3) is 5.56 Å². The highest BCUT2D eigenvalue weighted by Gasteiger charge is 2.12. The summed E-state index contributed by atoms with van der Waals surface area (Å²) in [5.41, 5.74) is 5.38. The van der Waals surface area contributed by atoms with Crippen LogP contribution >= 0.6 is 0 Å². The maximum Gasteiger partial charge on any atom is 0.293 e. The van der Waals surface area contributed by atoms with Crippen LogP contribution in [0.5, 0.6) is 0 Å². The number of hydrogen-bond donors (Lipinski definition) is 2. The summed E-state index contributed by atoms with van der Waals surface area (Å²) >= 11 is 0. The molecule has 3 N–H and O–H groups in total. The van der Waals surface area contributed by atoms with Crippen molar-refractivity contribution in [1.82, 2.24) is 9.55 Å². The van der Waals surface area contributed by atoms with Gasteiger partial charge >= 0.3 is 0 Å². The molecule has 5 heteroatoms. The van der Waals surface area contributed by atoms with Gasteiger partial charge in [-0.05, 0) is 20.3 Å². The van der Waals surface area contributed by atoms with E-state index in [9.17, 15) is 4.79 Å². The first-order valence-electron chi connectivity index (χ1n) is 5.52. The van der Waals surface area contributed by atoms with E-state index in [0.717, 1.165) is 6.42 Å². The average Bonchev–Trinajstić information content (AvgIpc) is 2.18. The van der Waals surface area contributed by atoms with Crippen LogP contribution in [0.15, 0.2) is 17.2 Å². The van der Waals surface area contributed by atoms with Crippen molar-refractivity contribution < 1.29 is 0 Å². The Balaban J connectivity index is 2.81. The second kappa shape index (κ2) is 5.12. The highest BCUT2D eigenvalue weighted by atomic mass is 16.1. The molecule has 5 nitrogen and oxygen atoms in total. The van der Waals surface area contributed by atoms with E-state index in [4.69, 9.17) is 5.73 Å². The zero-order valence-corrected chi connectivity index (χ0v) is 10.2. The van der Waals surface area contributed by atoms with E-state index in [-0.39, 0.29) is 11.1 Å². The van der Waals surface area contributed by atoms with Crippen molar-refractivity contribution in [2.24, 2.45) is 5.73 Å². The third-order valence-electron chi connectivity index (χ3n) is 2.09. The van der Waals surface area contributed by atoms with Crippen molar-refractivity contribution in [2.75, 3.05) is 11.9 Å². The van der Waals surface area contributed by atoms with Gasteiger partial charge < -0.3 is 15.6 Å². The number of nitrogens with zero attached hydrogens (tertiary/aromatic N) is 2. The van der Waals surface area contributed by atoms with Crippen LogP contribution in [0.4, 0.5) is 5.82 Å². The van der Waals surface area contributed by atoms with Crippen LogP contribution in [-0.4, -0.2) is 21.6 Å². The van der Waals surface area contributed by atoms with Crippen molar-refractivity contribution in [2.45, 2.75) is 39.3 Å². The quantitative estimate of drug-likeness (QED) is 0.776. The lowest BCUT2D eigenvalue weighted by molar-refractivity contribution is 0.547. The molecule has 0 aliphatic carbocycles. The van der Waals surface area contributed by atoms with Gasteiger partial charge in [-0.3, -0.25) is 4.79 Å². The summed E-state index contributed by atoms with van der Waals surface area (Å²) in [6, 6.07) is 0. The summed E-state index contributed by atoms with van der Waals surface area (Å²) in [5.74, 6) is 0.370. The van der Waals surface area contributed by atoms with E-state index in [0.29, 0.717) is 18.9 Å². The molecule has 0 saturated heterocycles. The molecule has 1 rings (SSSR count). The highest BCUT2D eigenvalue weighted by molar-refractivity contribution is 5.31. The molecule has 0 aromatic carbocycles. The minimum Gasteiger partial charge on any atom is -0.364 e.